The summed E-state index contributed by atoms with van der Waals surface area (Å²) in [6.07, 6.45) is 2.79. The Morgan fingerprint density at radius 1 is 1.36 bits per heavy atom. The van der Waals surface area contributed by atoms with Gasteiger partial charge in [0.1, 0.15) is 0 Å². The minimum Gasteiger partial charge on any atom is -1.00 e. The van der Waals surface area contributed by atoms with Crippen molar-refractivity contribution in [2.75, 3.05) is 25.5 Å². The molecule has 1 rings (SSSR count). The summed E-state index contributed by atoms with van der Waals surface area (Å²) in [5.74, 6) is 1.78. The molecular weight excluding hydrogens is 181 g/mol. The first-order valence-corrected chi connectivity index (χ1v) is 4.76. The fourth-order valence-electron chi connectivity index (χ4n) is 1.55. The minimum absolute atomic E-state index is 0. The van der Waals surface area contributed by atoms with Gasteiger partial charge in [0.2, 0.25) is 0 Å². The zero-order chi connectivity index (χ0) is 7.40. The summed E-state index contributed by atoms with van der Waals surface area (Å²) >= 11 is 5.65. The number of likely N-dealkylation sites (tertiary alicyclic amines) is 1. The Kier molecular flexibility index (Phi) is 6.40. The van der Waals surface area contributed by atoms with E-state index in [-0.39, 0.29) is 12.4 Å². The van der Waals surface area contributed by atoms with Crippen LogP contribution < -0.4 is 17.3 Å². The standard InChI is InChI=1S/C8H16ClN.ClH/c1-8-2-5-10(6-3-8)7-4-9;/h8H,2-7H2,1H3;1H. The van der Waals surface area contributed by atoms with E-state index in [1.54, 1.807) is 4.90 Å². The van der Waals surface area contributed by atoms with Gasteiger partial charge in [-0.05, 0) is 18.8 Å². The molecule has 1 saturated heterocycles. The highest BCUT2D eigenvalue weighted by Crippen LogP contribution is 2.06. The smallest absolute Gasteiger partial charge is 0.0908 e. The third-order valence-electron chi connectivity index (χ3n) is 2.43. The predicted octanol–water partition coefficient (Wildman–Crippen LogP) is -2.46. The number of halogens is 2. The predicted molar refractivity (Wildman–Crippen MR) is 44.7 cm³/mol. The normalized spacial score (nSPS) is 31.1. The van der Waals surface area contributed by atoms with Gasteiger partial charge in [-0.25, -0.2) is 0 Å². The van der Waals surface area contributed by atoms with Crippen LogP contribution in [-0.2, 0) is 0 Å². The van der Waals surface area contributed by atoms with E-state index in [2.05, 4.69) is 6.92 Å². The lowest BCUT2D eigenvalue weighted by Crippen LogP contribution is -3.13. The van der Waals surface area contributed by atoms with Gasteiger partial charge < -0.3 is 17.3 Å². The van der Waals surface area contributed by atoms with Crippen molar-refractivity contribution in [3.8, 4) is 0 Å². The number of quaternary nitrogens is 1. The molecule has 0 amide bonds. The summed E-state index contributed by atoms with van der Waals surface area (Å²) in [5, 5.41) is 0. The molecule has 1 fully saturated rings. The number of hydrogen-bond donors (Lipinski definition) is 1. The summed E-state index contributed by atoms with van der Waals surface area (Å²) in [7, 11) is 0. The van der Waals surface area contributed by atoms with Crippen molar-refractivity contribution in [1.29, 1.82) is 0 Å². The van der Waals surface area contributed by atoms with Crippen molar-refractivity contribution in [2.45, 2.75) is 19.8 Å². The number of piperidine rings is 1. The third kappa shape index (κ3) is 4.19. The molecule has 0 unspecified atom stereocenters. The lowest BCUT2D eigenvalue weighted by Gasteiger charge is -2.26. The van der Waals surface area contributed by atoms with Gasteiger partial charge in [-0.2, -0.15) is 0 Å². The Balaban J connectivity index is 0.000001000. The van der Waals surface area contributed by atoms with Crippen molar-refractivity contribution >= 4 is 11.6 Å². The van der Waals surface area contributed by atoms with Crippen LogP contribution in [0.2, 0.25) is 0 Å². The average molecular weight is 198 g/mol. The van der Waals surface area contributed by atoms with Crippen molar-refractivity contribution in [3.05, 3.63) is 0 Å². The second-order valence-corrected chi connectivity index (χ2v) is 3.75. The van der Waals surface area contributed by atoms with Crippen molar-refractivity contribution in [3.63, 3.8) is 0 Å². The van der Waals surface area contributed by atoms with E-state index in [9.17, 15) is 0 Å². The molecule has 0 aromatic rings. The largest absolute Gasteiger partial charge is 1.00 e. The van der Waals surface area contributed by atoms with E-state index in [0.717, 1.165) is 18.3 Å². The zero-order valence-corrected chi connectivity index (χ0v) is 8.59. The highest BCUT2D eigenvalue weighted by Gasteiger charge is 2.17. The molecule has 0 radical (unpaired) electrons. The number of nitrogens with one attached hydrogen (secondary N) is 1. The van der Waals surface area contributed by atoms with E-state index in [1.165, 1.54) is 25.9 Å². The third-order valence-corrected chi connectivity index (χ3v) is 2.62. The van der Waals surface area contributed by atoms with Crippen molar-refractivity contribution in [1.82, 2.24) is 0 Å². The summed E-state index contributed by atoms with van der Waals surface area (Å²) in [4.78, 5) is 1.70. The SMILES string of the molecule is CC1CC[NH+](CCCl)CC1.[Cl-]. The van der Waals surface area contributed by atoms with Crippen LogP contribution in [0.25, 0.3) is 0 Å². The topological polar surface area (TPSA) is 4.44 Å². The van der Waals surface area contributed by atoms with Gasteiger partial charge in [-0.3, -0.25) is 0 Å². The summed E-state index contributed by atoms with van der Waals surface area (Å²) in [6.45, 7) is 6.19. The fourth-order valence-corrected chi connectivity index (χ4v) is 1.82. The monoisotopic (exact) mass is 197 g/mol. The van der Waals surface area contributed by atoms with Gasteiger partial charge in [-0.15, -0.1) is 11.6 Å². The zero-order valence-electron chi connectivity index (χ0n) is 7.08. The maximum absolute atomic E-state index is 5.65. The van der Waals surface area contributed by atoms with Crippen molar-refractivity contribution < 1.29 is 17.3 Å². The number of hydrogen-bond acceptors (Lipinski definition) is 0. The van der Waals surface area contributed by atoms with E-state index in [4.69, 9.17) is 11.6 Å². The van der Waals surface area contributed by atoms with E-state index in [0.29, 0.717) is 0 Å². The van der Waals surface area contributed by atoms with E-state index >= 15 is 0 Å². The summed E-state index contributed by atoms with van der Waals surface area (Å²) in [5.41, 5.74) is 0. The Morgan fingerprint density at radius 2 is 1.91 bits per heavy atom. The van der Waals surface area contributed by atoms with E-state index < -0.39 is 0 Å². The molecular formula is C8H17Cl2N. The second kappa shape index (κ2) is 6.10. The van der Waals surface area contributed by atoms with Crippen LogP contribution >= 0.6 is 11.6 Å². The van der Waals surface area contributed by atoms with Crippen LogP contribution in [0.5, 0.6) is 0 Å². The highest BCUT2D eigenvalue weighted by molar-refractivity contribution is 6.17. The van der Waals surface area contributed by atoms with Gasteiger partial charge in [0.25, 0.3) is 0 Å². The lowest BCUT2D eigenvalue weighted by molar-refractivity contribution is -0.903. The summed E-state index contributed by atoms with van der Waals surface area (Å²) < 4.78 is 0. The molecule has 0 atom stereocenters. The Labute approximate surface area is 80.5 Å². The maximum atomic E-state index is 5.65. The summed E-state index contributed by atoms with van der Waals surface area (Å²) in [6, 6.07) is 0. The molecule has 0 aromatic carbocycles. The van der Waals surface area contributed by atoms with Crippen LogP contribution in [0.1, 0.15) is 19.8 Å². The molecule has 1 aliphatic rings. The maximum Gasteiger partial charge on any atom is 0.0908 e. The number of rotatable bonds is 2. The van der Waals surface area contributed by atoms with Crippen LogP contribution in [0, 0.1) is 5.92 Å². The molecule has 0 saturated carbocycles. The quantitative estimate of drug-likeness (QED) is 0.470. The first-order valence-electron chi connectivity index (χ1n) is 4.22. The molecule has 1 aliphatic heterocycles. The molecule has 3 heteroatoms. The van der Waals surface area contributed by atoms with E-state index in [1.807, 2.05) is 0 Å². The molecule has 0 aliphatic carbocycles. The van der Waals surface area contributed by atoms with Crippen LogP contribution in [-0.4, -0.2) is 25.5 Å². The molecule has 1 nitrogen and oxygen atoms in total. The van der Waals surface area contributed by atoms with Crippen LogP contribution in [0.4, 0.5) is 0 Å². The Hall–Kier alpha value is 0.540. The minimum atomic E-state index is 0. The lowest BCUT2D eigenvalue weighted by atomic mass is 9.99. The Bertz CT molecular complexity index is 90.1. The molecule has 0 bridgehead atoms. The molecule has 0 spiro atoms. The van der Waals surface area contributed by atoms with Gasteiger partial charge in [-0.1, -0.05) is 6.92 Å². The van der Waals surface area contributed by atoms with Gasteiger partial charge in [0, 0.05) is 0 Å². The van der Waals surface area contributed by atoms with Gasteiger partial charge in [0.15, 0.2) is 0 Å². The highest BCUT2D eigenvalue weighted by atomic mass is 35.5. The molecule has 1 N–H and O–H groups in total. The molecule has 68 valence electrons. The first kappa shape index (κ1) is 11.5. The number of alkyl halides is 1. The van der Waals surface area contributed by atoms with Crippen LogP contribution in [0.15, 0.2) is 0 Å². The average Bonchev–Trinajstić information content (AvgIpc) is 1.95. The molecule has 0 aromatic heterocycles. The van der Waals surface area contributed by atoms with Crippen molar-refractivity contribution in [2.24, 2.45) is 5.92 Å². The second-order valence-electron chi connectivity index (χ2n) is 3.37. The Morgan fingerprint density at radius 3 is 2.36 bits per heavy atom. The molecule has 11 heavy (non-hydrogen) atoms. The molecule has 1 heterocycles. The fraction of sp³-hybridized carbons (Fsp3) is 1.00. The van der Waals surface area contributed by atoms with Gasteiger partial charge >= 0.3 is 0 Å². The van der Waals surface area contributed by atoms with Gasteiger partial charge in [0.05, 0.1) is 25.5 Å². The first-order chi connectivity index (χ1) is 4.83. The van der Waals surface area contributed by atoms with Crippen LogP contribution in [0.3, 0.4) is 0 Å².